The molecular formula is C17H22N4O4S. The first-order valence-corrected chi connectivity index (χ1v) is 9.74. The van der Waals surface area contributed by atoms with Crippen LogP contribution in [-0.4, -0.2) is 55.9 Å². The van der Waals surface area contributed by atoms with Crippen molar-refractivity contribution in [3.63, 3.8) is 0 Å². The summed E-state index contributed by atoms with van der Waals surface area (Å²) >= 11 is 1.40. The normalized spacial score (nSPS) is 34.2. The molecule has 3 aliphatic rings. The molecule has 140 valence electrons. The first-order valence-electron chi connectivity index (χ1n) is 8.86. The minimum atomic E-state index is -1.06. The number of rotatable bonds is 5. The monoisotopic (exact) mass is 378 g/mol. The molecule has 0 spiro atoms. The van der Waals surface area contributed by atoms with Crippen LogP contribution in [0.3, 0.4) is 0 Å². The average Bonchev–Trinajstić information content (AvgIpc) is 3.23. The lowest BCUT2D eigenvalue weighted by Crippen LogP contribution is -2.71. The lowest BCUT2D eigenvalue weighted by Gasteiger charge is -2.55. The molecule has 1 saturated carbocycles. The molecule has 3 N–H and O–H groups in total. The number of amides is 1. The summed E-state index contributed by atoms with van der Waals surface area (Å²) in [5.74, 6) is -1.32. The smallest absolute Gasteiger partial charge is 0.352 e. The molecule has 26 heavy (non-hydrogen) atoms. The van der Waals surface area contributed by atoms with E-state index in [-0.39, 0.29) is 29.5 Å². The molecule has 8 nitrogen and oxygen atoms in total. The maximum atomic E-state index is 12.8. The molecular weight excluding hydrogens is 356 g/mol. The molecule has 1 amide bonds. The van der Waals surface area contributed by atoms with Gasteiger partial charge in [-0.25, -0.2) is 4.79 Å². The molecule has 2 fully saturated rings. The van der Waals surface area contributed by atoms with Crippen molar-refractivity contribution in [2.75, 3.05) is 11.9 Å². The summed E-state index contributed by atoms with van der Waals surface area (Å²) in [5.41, 5.74) is 1.71. The highest BCUT2D eigenvalue weighted by Gasteiger charge is 2.68. The highest BCUT2D eigenvalue weighted by molar-refractivity contribution is 7.13. The molecule has 1 aromatic rings. The number of hydrogen-bond donors (Lipinski definition) is 3. The molecule has 9 heteroatoms. The zero-order valence-corrected chi connectivity index (χ0v) is 15.5. The fourth-order valence-electron chi connectivity index (χ4n) is 4.91. The van der Waals surface area contributed by atoms with Crippen molar-refractivity contribution in [2.45, 2.75) is 45.3 Å². The summed E-state index contributed by atoms with van der Waals surface area (Å²) in [6, 6.07) is -0.263. The van der Waals surface area contributed by atoms with Crippen LogP contribution in [-0.2, 0) is 9.59 Å². The predicted molar refractivity (Wildman–Crippen MR) is 94.3 cm³/mol. The van der Waals surface area contributed by atoms with Gasteiger partial charge in [-0.2, -0.15) is 0 Å². The van der Waals surface area contributed by atoms with Crippen LogP contribution in [0.4, 0.5) is 5.13 Å². The van der Waals surface area contributed by atoms with Gasteiger partial charge in [-0.15, -0.1) is 10.2 Å². The molecule has 1 aromatic heterocycles. The molecule has 0 bridgehead atoms. The van der Waals surface area contributed by atoms with E-state index in [4.69, 9.17) is 0 Å². The number of β-lactam (4-membered cyclic amide) rings is 1. The first-order chi connectivity index (χ1) is 12.4. The largest absolute Gasteiger partial charge is 0.477 e. The Morgan fingerprint density at radius 2 is 2.31 bits per heavy atom. The van der Waals surface area contributed by atoms with E-state index in [1.165, 1.54) is 16.2 Å². The molecule has 2 aliphatic heterocycles. The standard InChI is InChI=1S/C17H22N4O4S/c1-8(22)17(2)13-10-5-3-4-9(6-18-16-20-19-7-26-16)11(10)12(14(23)24)21(13)15(17)25/h7-10,13,22H,3-6H2,1-2H3,(H,18,20)(H,23,24)/t8-,9-,10+,13-,17?/m1/s1. The number of hydrogen-bond acceptors (Lipinski definition) is 7. The van der Waals surface area contributed by atoms with Crippen molar-refractivity contribution in [2.24, 2.45) is 17.3 Å². The number of aromatic nitrogens is 2. The van der Waals surface area contributed by atoms with Gasteiger partial charge in [0.2, 0.25) is 11.0 Å². The Kier molecular flexibility index (Phi) is 4.03. The Morgan fingerprint density at radius 1 is 1.54 bits per heavy atom. The Hall–Kier alpha value is -2.00. The van der Waals surface area contributed by atoms with Crippen LogP contribution in [0.25, 0.3) is 0 Å². The number of carbonyl (C=O) groups is 2. The summed E-state index contributed by atoms with van der Waals surface area (Å²) < 4.78 is 0. The number of fused-ring (bicyclic) bond motifs is 3. The number of carboxylic acid groups (broad SMARTS) is 1. The van der Waals surface area contributed by atoms with Crippen molar-refractivity contribution in [1.29, 1.82) is 0 Å². The summed E-state index contributed by atoms with van der Waals surface area (Å²) in [5, 5.41) is 31.7. The van der Waals surface area contributed by atoms with Crippen LogP contribution in [0.5, 0.6) is 0 Å². The second-order valence-corrected chi connectivity index (χ2v) is 8.38. The van der Waals surface area contributed by atoms with Crippen LogP contribution < -0.4 is 5.32 Å². The highest BCUT2D eigenvalue weighted by Crippen LogP contribution is 2.58. The van der Waals surface area contributed by atoms with Gasteiger partial charge < -0.3 is 20.4 Å². The number of aliphatic hydroxyl groups is 1. The van der Waals surface area contributed by atoms with Crippen LogP contribution in [0.2, 0.25) is 0 Å². The van der Waals surface area contributed by atoms with Crippen LogP contribution in [0.1, 0.15) is 33.1 Å². The van der Waals surface area contributed by atoms with Gasteiger partial charge in [0.25, 0.3) is 0 Å². The molecule has 5 atom stereocenters. The van der Waals surface area contributed by atoms with E-state index < -0.39 is 17.5 Å². The minimum absolute atomic E-state index is 0.00614. The van der Waals surface area contributed by atoms with Crippen LogP contribution in [0, 0.1) is 17.3 Å². The van der Waals surface area contributed by atoms with E-state index in [0.717, 1.165) is 24.8 Å². The van der Waals surface area contributed by atoms with E-state index in [0.29, 0.717) is 11.7 Å². The van der Waals surface area contributed by atoms with Crippen molar-refractivity contribution < 1.29 is 19.8 Å². The summed E-state index contributed by atoms with van der Waals surface area (Å²) in [4.78, 5) is 26.2. The van der Waals surface area contributed by atoms with Gasteiger partial charge in [-0.05, 0) is 32.3 Å². The lowest BCUT2D eigenvalue weighted by atomic mass is 9.62. The zero-order valence-electron chi connectivity index (χ0n) is 14.7. The first kappa shape index (κ1) is 17.4. The zero-order chi connectivity index (χ0) is 18.6. The molecule has 1 unspecified atom stereocenters. The fourth-order valence-corrected chi connectivity index (χ4v) is 5.37. The van der Waals surface area contributed by atoms with Gasteiger partial charge >= 0.3 is 5.97 Å². The number of nitrogens with zero attached hydrogens (tertiary/aromatic N) is 3. The highest BCUT2D eigenvalue weighted by atomic mass is 32.1. The number of nitrogens with one attached hydrogen (secondary N) is 1. The lowest BCUT2D eigenvalue weighted by molar-refractivity contribution is -0.181. The Bertz CT molecular complexity index is 778. The summed E-state index contributed by atoms with van der Waals surface area (Å²) in [6.07, 6.45) is 1.87. The number of aliphatic carboxylic acids is 1. The topological polar surface area (TPSA) is 116 Å². The summed E-state index contributed by atoms with van der Waals surface area (Å²) in [6.45, 7) is 3.94. The van der Waals surface area contributed by atoms with Gasteiger partial charge in [0.05, 0.1) is 17.6 Å². The number of aliphatic hydroxyl groups excluding tert-OH is 1. The SMILES string of the molecule is C[C@@H](O)C1(C)C(=O)N2C(C(=O)O)=C3[C@@H](CNc4nncs4)CCC[C@@H]3[C@@H]21. The van der Waals surface area contributed by atoms with Crippen LogP contribution in [0.15, 0.2) is 16.8 Å². The van der Waals surface area contributed by atoms with E-state index in [1.807, 2.05) is 0 Å². The second kappa shape index (κ2) is 6.02. The van der Waals surface area contributed by atoms with Gasteiger partial charge in [-0.3, -0.25) is 4.79 Å². The maximum absolute atomic E-state index is 12.8. The average molecular weight is 378 g/mol. The molecule has 3 heterocycles. The molecule has 4 rings (SSSR count). The number of carbonyl (C=O) groups excluding carboxylic acids is 1. The van der Waals surface area contributed by atoms with Crippen molar-refractivity contribution in [3.8, 4) is 0 Å². The number of anilines is 1. The van der Waals surface area contributed by atoms with Gasteiger partial charge in [0.15, 0.2) is 0 Å². The third-order valence-electron chi connectivity index (χ3n) is 6.30. The maximum Gasteiger partial charge on any atom is 0.352 e. The fraction of sp³-hybridized carbons (Fsp3) is 0.647. The van der Waals surface area contributed by atoms with Crippen LogP contribution >= 0.6 is 11.3 Å². The Balaban J connectivity index is 1.68. The van der Waals surface area contributed by atoms with Crippen molar-refractivity contribution in [1.82, 2.24) is 15.1 Å². The van der Waals surface area contributed by atoms with E-state index in [1.54, 1.807) is 19.4 Å². The second-order valence-electron chi connectivity index (χ2n) is 7.55. The summed E-state index contributed by atoms with van der Waals surface area (Å²) in [7, 11) is 0. The van der Waals surface area contributed by atoms with Crippen molar-refractivity contribution >= 4 is 28.3 Å². The van der Waals surface area contributed by atoms with E-state index in [2.05, 4.69) is 15.5 Å². The van der Waals surface area contributed by atoms with E-state index >= 15 is 0 Å². The molecule has 0 aromatic carbocycles. The Labute approximate surface area is 154 Å². The third kappa shape index (κ3) is 2.23. The molecule has 1 aliphatic carbocycles. The molecule has 0 radical (unpaired) electrons. The number of carboxylic acids is 1. The van der Waals surface area contributed by atoms with Gasteiger partial charge in [0, 0.05) is 18.4 Å². The Morgan fingerprint density at radius 3 is 2.92 bits per heavy atom. The molecule has 1 saturated heterocycles. The third-order valence-corrected chi connectivity index (χ3v) is 6.95. The van der Waals surface area contributed by atoms with E-state index in [9.17, 15) is 19.8 Å². The van der Waals surface area contributed by atoms with Gasteiger partial charge in [0.1, 0.15) is 11.2 Å². The predicted octanol–water partition coefficient (Wildman–Crippen LogP) is 1.32. The van der Waals surface area contributed by atoms with Gasteiger partial charge in [-0.1, -0.05) is 17.8 Å². The minimum Gasteiger partial charge on any atom is -0.477 e. The quantitative estimate of drug-likeness (QED) is 0.662. The van der Waals surface area contributed by atoms with Crippen molar-refractivity contribution in [3.05, 3.63) is 16.8 Å².